The number of nitrogens with one attached hydrogen (secondary N) is 1. The largest absolute Gasteiger partial charge is 0.396 e. The second-order valence-corrected chi connectivity index (χ2v) is 5.82. The van der Waals surface area contributed by atoms with Crippen molar-refractivity contribution in [3.63, 3.8) is 0 Å². The van der Waals surface area contributed by atoms with Gasteiger partial charge >= 0.3 is 0 Å². The zero-order valence-corrected chi connectivity index (χ0v) is 12.1. The zero-order chi connectivity index (χ0) is 13.7. The van der Waals surface area contributed by atoms with Crippen LogP contribution in [-0.4, -0.2) is 40.1 Å². The number of aliphatic hydroxyl groups excluding tert-OH is 1. The van der Waals surface area contributed by atoms with E-state index in [2.05, 4.69) is 15.2 Å². The zero-order valence-electron chi connectivity index (χ0n) is 11.3. The Kier molecular flexibility index (Phi) is 5.30. The molecule has 0 aromatic carbocycles. The fourth-order valence-corrected chi connectivity index (χ4v) is 3.30. The normalized spacial score (nSPS) is 19.8. The molecule has 1 saturated heterocycles. The van der Waals surface area contributed by atoms with E-state index in [4.69, 9.17) is 5.11 Å². The van der Waals surface area contributed by atoms with Crippen molar-refractivity contribution >= 4 is 22.4 Å². The molecule has 2 N–H and O–H groups in total. The molecule has 19 heavy (non-hydrogen) atoms. The summed E-state index contributed by atoms with van der Waals surface area (Å²) >= 11 is 1.47. The van der Waals surface area contributed by atoms with Crippen LogP contribution in [0.3, 0.4) is 0 Å². The summed E-state index contributed by atoms with van der Waals surface area (Å²) in [6, 6.07) is 0.568. The second kappa shape index (κ2) is 6.98. The summed E-state index contributed by atoms with van der Waals surface area (Å²) in [5.41, 5.74) is 1.02. The molecule has 1 atom stereocenters. The Morgan fingerprint density at radius 1 is 1.68 bits per heavy atom. The lowest BCUT2D eigenvalue weighted by atomic mass is 10.1. The van der Waals surface area contributed by atoms with Crippen molar-refractivity contribution in [1.29, 1.82) is 0 Å². The van der Waals surface area contributed by atoms with Gasteiger partial charge in [-0.05, 0) is 32.2 Å². The lowest BCUT2D eigenvalue weighted by Gasteiger charge is -2.23. The topological polar surface area (TPSA) is 65.5 Å². The van der Waals surface area contributed by atoms with E-state index in [1.54, 1.807) is 0 Å². The summed E-state index contributed by atoms with van der Waals surface area (Å²) in [4.78, 5) is 17.8. The molecular formula is C13H21N3O2S. The number of aromatic nitrogens is 1. The first-order valence-electron chi connectivity index (χ1n) is 6.76. The summed E-state index contributed by atoms with van der Waals surface area (Å²) in [7, 11) is 0. The van der Waals surface area contributed by atoms with Crippen LogP contribution < -0.4 is 5.32 Å². The minimum atomic E-state index is -0.0807. The van der Waals surface area contributed by atoms with E-state index < -0.39 is 0 Å². The van der Waals surface area contributed by atoms with Gasteiger partial charge in [0.25, 0.3) is 0 Å². The standard InChI is InChI=1S/C13H21N3O2S/c1-10(18)14-13-15-11(9-19-13)8-16-6-2-4-12(16)5-3-7-17/h9,12,17H,2-8H2,1H3,(H,14,15,18). The molecule has 5 nitrogen and oxygen atoms in total. The molecule has 1 fully saturated rings. The average Bonchev–Trinajstić information content (AvgIpc) is 2.96. The highest BCUT2D eigenvalue weighted by molar-refractivity contribution is 7.13. The van der Waals surface area contributed by atoms with Gasteiger partial charge in [0.05, 0.1) is 5.69 Å². The van der Waals surface area contributed by atoms with Crippen molar-refractivity contribution in [3.05, 3.63) is 11.1 Å². The number of aliphatic hydroxyl groups is 1. The van der Waals surface area contributed by atoms with Crippen LogP contribution in [0.1, 0.15) is 38.3 Å². The summed E-state index contributed by atoms with van der Waals surface area (Å²) in [5, 5.41) is 14.3. The Morgan fingerprint density at radius 3 is 3.26 bits per heavy atom. The Labute approximate surface area is 117 Å². The first kappa shape index (κ1) is 14.4. The number of carbonyl (C=O) groups excluding carboxylic acids is 1. The van der Waals surface area contributed by atoms with Crippen LogP contribution in [0, 0.1) is 0 Å². The Morgan fingerprint density at radius 2 is 2.53 bits per heavy atom. The predicted octanol–water partition coefficient (Wildman–Crippen LogP) is 1.84. The molecule has 2 heterocycles. The second-order valence-electron chi connectivity index (χ2n) is 4.96. The highest BCUT2D eigenvalue weighted by Gasteiger charge is 2.24. The fraction of sp³-hybridized carbons (Fsp3) is 0.692. The van der Waals surface area contributed by atoms with Gasteiger partial charge in [-0.15, -0.1) is 11.3 Å². The minimum Gasteiger partial charge on any atom is -0.396 e. The molecule has 0 aliphatic carbocycles. The molecule has 1 aliphatic rings. The highest BCUT2D eigenvalue weighted by atomic mass is 32.1. The third kappa shape index (κ3) is 4.26. The van der Waals surface area contributed by atoms with E-state index in [1.807, 2.05) is 5.38 Å². The quantitative estimate of drug-likeness (QED) is 0.836. The lowest BCUT2D eigenvalue weighted by molar-refractivity contribution is -0.114. The maximum Gasteiger partial charge on any atom is 0.223 e. The smallest absolute Gasteiger partial charge is 0.223 e. The monoisotopic (exact) mass is 283 g/mol. The number of carbonyl (C=O) groups is 1. The van der Waals surface area contributed by atoms with Crippen LogP contribution in [-0.2, 0) is 11.3 Å². The maximum absolute atomic E-state index is 11.0. The molecule has 1 aromatic rings. The van der Waals surface area contributed by atoms with Crippen LogP contribution in [0.15, 0.2) is 5.38 Å². The SMILES string of the molecule is CC(=O)Nc1nc(CN2CCCC2CCCO)cs1. The van der Waals surface area contributed by atoms with Crippen molar-refractivity contribution in [2.45, 2.75) is 45.2 Å². The van der Waals surface area contributed by atoms with Crippen LogP contribution in [0.25, 0.3) is 0 Å². The molecule has 0 spiro atoms. The van der Waals surface area contributed by atoms with Gasteiger partial charge in [0.2, 0.25) is 5.91 Å². The minimum absolute atomic E-state index is 0.0807. The molecular weight excluding hydrogens is 262 g/mol. The van der Waals surface area contributed by atoms with Gasteiger partial charge in [-0.1, -0.05) is 0 Å². The van der Waals surface area contributed by atoms with Gasteiger partial charge in [0, 0.05) is 31.5 Å². The van der Waals surface area contributed by atoms with Gasteiger partial charge in [0.1, 0.15) is 0 Å². The molecule has 106 valence electrons. The number of rotatable bonds is 6. The molecule has 6 heteroatoms. The number of amides is 1. The van der Waals surface area contributed by atoms with Crippen LogP contribution in [0.5, 0.6) is 0 Å². The first-order valence-corrected chi connectivity index (χ1v) is 7.64. The molecule has 1 amide bonds. The number of likely N-dealkylation sites (tertiary alicyclic amines) is 1. The average molecular weight is 283 g/mol. The van der Waals surface area contributed by atoms with Gasteiger partial charge in [-0.2, -0.15) is 0 Å². The molecule has 2 rings (SSSR count). The predicted molar refractivity (Wildman–Crippen MR) is 76.2 cm³/mol. The van der Waals surface area contributed by atoms with Crippen molar-refractivity contribution in [3.8, 4) is 0 Å². The molecule has 0 radical (unpaired) electrons. The number of thiazole rings is 1. The van der Waals surface area contributed by atoms with Crippen molar-refractivity contribution in [1.82, 2.24) is 9.88 Å². The summed E-state index contributed by atoms with van der Waals surface area (Å²) in [6.07, 6.45) is 4.36. The number of anilines is 1. The van der Waals surface area contributed by atoms with Crippen molar-refractivity contribution in [2.24, 2.45) is 0 Å². The van der Waals surface area contributed by atoms with Crippen LogP contribution >= 0.6 is 11.3 Å². The van der Waals surface area contributed by atoms with E-state index in [9.17, 15) is 4.79 Å². The Hall–Kier alpha value is -0.980. The van der Waals surface area contributed by atoms with E-state index in [0.29, 0.717) is 11.2 Å². The summed E-state index contributed by atoms with van der Waals surface area (Å²) < 4.78 is 0. The Bertz CT molecular complexity index is 422. The van der Waals surface area contributed by atoms with Gasteiger partial charge in [-0.25, -0.2) is 4.98 Å². The van der Waals surface area contributed by atoms with Crippen molar-refractivity contribution < 1.29 is 9.90 Å². The summed E-state index contributed by atoms with van der Waals surface area (Å²) in [5.74, 6) is -0.0807. The number of nitrogens with zero attached hydrogens (tertiary/aromatic N) is 2. The summed E-state index contributed by atoms with van der Waals surface area (Å²) in [6.45, 7) is 3.70. The van der Waals surface area contributed by atoms with Crippen molar-refractivity contribution in [2.75, 3.05) is 18.5 Å². The number of hydrogen-bond donors (Lipinski definition) is 2. The Balaban J connectivity index is 1.88. The highest BCUT2D eigenvalue weighted by Crippen LogP contribution is 2.24. The number of hydrogen-bond acceptors (Lipinski definition) is 5. The lowest BCUT2D eigenvalue weighted by Crippen LogP contribution is -2.29. The first-order chi connectivity index (χ1) is 9.19. The van der Waals surface area contributed by atoms with Gasteiger partial charge < -0.3 is 10.4 Å². The molecule has 1 aromatic heterocycles. The van der Waals surface area contributed by atoms with Crippen LogP contribution in [0.2, 0.25) is 0 Å². The fourth-order valence-electron chi connectivity index (χ4n) is 2.55. The third-order valence-corrected chi connectivity index (χ3v) is 4.20. The van der Waals surface area contributed by atoms with Gasteiger partial charge in [0.15, 0.2) is 5.13 Å². The van der Waals surface area contributed by atoms with Crippen LogP contribution in [0.4, 0.5) is 5.13 Å². The molecule has 0 bridgehead atoms. The van der Waals surface area contributed by atoms with E-state index in [0.717, 1.165) is 31.6 Å². The maximum atomic E-state index is 11.0. The molecule has 1 aliphatic heterocycles. The van der Waals surface area contributed by atoms with Gasteiger partial charge in [-0.3, -0.25) is 9.69 Å². The van der Waals surface area contributed by atoms with E-state index in [1.165, 1.54) is 31.1 Å². The van der Waals surface area contributed by atoms with E-state index >= 15 is 0 Å². The molecule has 1 unspecified atom stereocenters. The molecule has 0 saturated carbocycles. The third-order valence-electron chi connectivity index (χ3n) is 3.39. The van der Waals surface area contributed by atoms with E-state index in [-0.39, 0.29) is 12.5 Å².